The maximum atomic E-state index is 6.37. The maximum absolute atomic E-state index is 6.37. The van der Waals surface area contributed by atoms with Gasteiger partial charge in [0.25, 0.3) is 0 Å². The van der Waals surface area contributed by atoms with E-state index >= 15 is 0 Å². The standard InChI is InChI=1S/C30H50N2O4S/c1-5-6-7-8-9-10-11-12-13-17-22-33-23-30-27(35-29(3,4)36-30)26(24(2)34-30)32-28(37)31-21-20-25-18-15-14-16-19-25/h14-16,18-19,24,26-27H,5-13,17,20-23H2,1-4H3,(H2,31,32,37)/t24-,26+,27-,30-/m0/s1. The smallest absolute Gasteiger partial charge is 0.224 e. The topological polar surface area (TPSA) is 61.0 Å². The molecule has 3 rings (SSSR count). The van der Waals surface area contributed by atoms with Crippen molar-refractivity contribution >= 4 is 17.3 Å². The van der Waals surface area contributed by atoms with Crippen LogP contribution in [0.15, 0.2) is 30.3 Å². The van der Waals surface area contributed by atoms with Crippen molar-refractivity contribution in [3.05, 3.63) is 35.9 Å². The average molecular weight is 535 g/mol. The number of thiocarbonyl (C=S) groups is 1. The van der Waals surface area contributed by atoms with Crippen LogP contribution in [0, 0.1) is 0 Å². The molecule has 0 amide bonds. The minimum atomic E-state index is -0.918. The molecule has 0 spiro atoms. The zero-order valence-electron chi connectivity index (χ0n) is 23.6. The number of rotatable bonds is 17. The molecule has 0 saturated carbocycles. The highest BCUT2D eigenvalue weighted by molar-refractivity contribution is 7.80. The fourth-order valence-electron chi connectivity index (χ4n) is 5.38. The Morgan fingerprint density at radius 3 is 2.27 bits per heavy atom. The van der Waals surface area contributed by atoms with Crippen molar-refractivity contribution in [2.75, 3.05) is 19.8 Å². The van der Waals surface area contributed by atoms with E-state index in [1.165, 1.54) is 63.4 Å². The van der Waals surface area contributed by atoms with E-state index in [1.54, 1.807) is 0 Å². The molecule has 1 aromatic carbocycles. The number of hydrogen-bond donors (Lipinski definition) is 2. The Bertz CT molecular complexity index is 793. The normalized spacial score (nSPS) is 26.2. The molecule has 0 aromatic heterocycles. The predicted molar refractivity (Wildman–Crippen MR) is 154 cm³/mol. The van der Waals surface area contributed by atoms with Gasteiger partial charge in [-0.05, 0) is 51.4 Å². The molecule has 2 saturated heterocycles. The molecule has 7 heteroatoms. The van der Waals surface area contributed by atoms with Crippen LogP contribution < -0.4 is 10.6 Å². The molecular formula is C30H50N2O4S. The van der Waals surface area contributed by atoms with Crippen LogP contribution in [0.5, 0.6) is 0 Å². The van der Waals surface area contributed by atoms with Crippen LogP contribution in [0.3, 0.4) is 0 Å². The van der Waals surface area contributed by atoms with Crippen LogP contribution >= 0.6 is 12.2 Å². The van der Waals surface area contributed by atoms with E-state index in [9.17, 15) is 0 Å². The summed E-state index contributed by atoms with van der Waals surface area (Å²) >= 11 is 5.60. The summed E-state index contributed by atoms with van der Waals surface area (Å²) in [7, 11) is 0. The van der Waals surface area contributed by atoms with Gasteiger partial charge in [0.15, 0.2) is 10.9 Å². The molecule has 2 aliphatic rings. The summed E-state index contributed by atoms with van der Waals surface area (Å²) in [5.74, 6) is -1.66. The largest absolute Gasteiger partial charge is 0.376 e. The molecule has 0 aliphatic carbocycles. The molecular weight excluding hydrogens is 484 g/mol. The monoisotopic (exact) mass is 534 g/mol. The van der Waals surface area contributed by atoms with Gasteiger partial charge in [0, 0.05) is 13.2 Å². The highest BCUT2D eigenvalue weighted by Crippen LogP contribution is 2.45. The first kappa shape index (κ1) is 30.3. The van der Waals surface area contributed by atoms with Gasteiger partial charge in [-0.1, -0.05) is 95.0 Å². The van der Waals surface area contributed by atoms with Crippen LogP contribution in [0.4, 0.5) is 0 Å². The molecule has 1 aromatic rings. The Balaban J connectivity index is 1.37. The Kier molecular flexibility index (Phi) is 12.6. The number of fused-ring (bicyclic) bond motifs is 1. The molecule has 6 nitrogen and oxygen atoms in total. The van der Waals surface area contributed by atoms with E-state index in [0.717, 1.165) is 19.4 Å². The number of benzene rings is 1. The summed E-state index contributed by atoms with van der Waals surface area (Å²) in [6.45, 7) is 9.99. The van der Waals surface area contributed by atoms with Crippen LogP contribution in [0.2, 0.25) is 0 Å². The van der Waals surface area contributed by atoms with Gasteiger partial charge >= 0.3 is 0 Å². The molecule has 4 atom stereocenters. The lowest BCUT2D eigenvalue weighted by Gasteiger charge is -2.28. The summed E-state index contributed by atoms with van der Waals surface area (Å²) in [4.78, 5) is 0. The quantitative estimate of drug-likeness (QED) is 0.181. The van der Waals surface area contributed by atoms with Crippen molar-refractivity contribution in [2.24, 2.45) is 0 Å². The van der Waals surface area contributed by atoms with Crippen LogP contribution in [0.25, 0.3) is 0 Å². The van der Waals surface area contributed by atoms with Crippen LogP contribution in [-0.2, 0) is 25.4 Å². The lowest BCUT2D eigenvalue weighted by atomic mass is 10.0. The second kappa shape index (κ2) is 15.4. The van der Waals surface area contributed by atoms with Gasteiger partial charge in [-0.3, -0.25) is 0 Å². The first-order valence-electron chi connectivity index (χ1n) is 14.6. The Labute approximate surface area is 230 Å². The molecule has 0 unspecified atom stereocenters. The van der Waals surface area contributed by atoms with Gasteiger partial charge in [-0.2, -0.15) is 0 Å². The highest BCUT2D eigenvalue weighted by Gasteiger charge is 2.64. The molecule has 0 bridgehead atoms. The minimum Gasteiger partial charge on any atom is -0.376 e. The third-order valence-corrected chi connectivity index (χ3v) is 7.53. The third-order valence-electron chi connectivity index (χ3n) is 7.27. The van der Waals surface area contributed by atoms with Gasteiger partial charge in [0.2, 0.25) is 5.79 Å². The van der Waals surface area contributed by atoms with E-state index in [2.05, 4.69) is 41.8 Å². The summed E-state index contributed by atoms with van der Waals surface area (Å²) in [6.07, 6.45) is 13.6. The molecule has 37 heavy (non-hydrogen) atoms. The molecule has 2 aliphatic heterocycles. The first-order chi connectivity index (χ1) is 17.9. The van der Waals surface area contributed by atoms with Crippen molar-refractivity contribution in [3.63, 3.8) is 0 Å². The van der Waals surface area contributed by atoms with E-state index in [4.69, 9.17) is 31.2 Å². The Hall–Kier alpha value is -1.25. The maximum Gasteiger partial charge on any atom is 0.224 e. The van der Waals surface area contributed by atoms with Crippen molar-refractivity contribution < 1.29 is 18.9 Å². The molecule has 0 radical (unpaired) electrons. The van der Waals surface area contributed by atoms with Gasteiger partial charge < -0.3 is 29.6 Å². The van der Waals surface area contributed by atoms with E-state index in [0.29, 0.717) is 18.3 Å². The Morgan fingerprint density at radius 1 is 0.946 bits per heavy atom. The van der Waals surface area contributed by atoms with E-state index in [1.807, 2.05) is 26.8 Å². The molecule has 2 N–H and O–H groups in total. The lowest BCUT2D eigenvalue weighted by Crippen LogP contribution is -2.53. The van der Waals surface area contributed by atoms with Crippen molar-refractivity contribution in [1.29, 1.82) is 0 Å². The zero-order valence-corrected chi connectivity index (χ0v) is 24.4. The molecule has 210 valence electrons. The SMILES string of the molecule is CCCCCCCCCCCCOC[C@@]12O[C@@H](C)[C@@H](NC(=S)NCCc3ccccc3)[C@@H]1OC(C)(C)O2. The van der Waals surface area contributed by atoms with Crippen LogP contribution in [0.1, 0.15) is 97.5 Å². The second-order valence-electron chi connectivity index (χ2n) is 11.1. The second-order valence-corrected chi connectivity index (χ2v) is 11.5. The highest BCUT2D eigenvalue weighted by atomic mass is 32.1. The third kappa shape index (κ3) is 9.77. The summed E-state index contributed by atoms with van der Waals surface area (Å²) < 4.78 is 25.1. The lowest BCUT2D eigenvalue weighted by molar-refractivity contribution is -0.274. The summed E-state index contributed by atoms with van der Waals surface area (Å²) in [6, 6.07) is 10.3. The molecule has 2 fully saturated rings. The number of hydrogen-bond acceptors (Lipinski definition) is 5. The van der Waals surface area contributed by atoms with Crippen molar-refractivity contribution in [1.82, 2.24) is 10.6 Å². The predicted octanol–water partition coefficient (Wildman–Crippen LogP) is 6.27. The summed E-state index contributed by atoms with van der Waals surface area (Å²) in [5.41, 5.74) is 1.28. The van der Waals surface area contributed by atoms with Gasteiger partial charge in [0.1, 0.15) is 12.7 Å². The van der Waals surface area contributed by atoms with Crippen molar-refractivity contribution in [3.8, 4) is 0 Å². The zero-order chi connectivity index (χ0) is 26.6. The molecule has 2 heterocycles. The average Bonchev–Trinajstić information content (AvgIpc) is 3.26. The Morgan fingerprint density at radius 2 is 1.59 bits per heavy atom. The fourth-order valence-corrected chi connectivity index (χ4v) is 5.62. The fraction of sp³-hybridized carbons (Fsp3) is 0.767. The minimum absolute atomic E-state index is 0.126. The number of nitrogens with one attached hydrogen (secondary N) is 2. The number of unbranched alkanes of at least 4 members (excludes halogenated alkanes) is 9. The summed E-state index contributed by atoms with van der Waals surface area (Å²) in [5, 5.41) is 7.36. The van der Waals surface area contributed by atoms with Gasteiger partial charge in [-0.15, -0.1) is 0 Å². The van der Waals surface area contributed by atoms with E-state index in [-0.39, 0.29) is 18.2 Å². The van der Waals surface area contributed by atoms with Crippen molar-refractivity contribution in [2.45, 2.75) is 128 Å². The van der Waals surface area contributed by atoms with Gasteiger partial charge in [-0.25, -0.2) is 0 Å². The number of ether oxygens (including phenoxy) is 4. The van der Waals surface area contributed by atoms with Gasteiger partial charge in [0.05, 0.1) is 12.1 Å². The van der Waals surface area contributed by atoms with Crippen LogP contribution in [-0.4, -0.2) is 54.7 Å². The first-order valence-corrected chi connectivity index (χ1v) is 15.0. The van der Waals surface area contributed by atoms with E-state index < -0.39 is 11.6 Å².